The van der Waals surface area contributed by atoms with Crippen LogP contribution in [0.3, 0.4) is 0 Å². The number of epoxide rings is 2. The van der Waals surface area contributed by atoms with Crippen LogP contribution in [0.5, 0.6) is 0 Å². The average molecular weight is 174 g/mol. The van der Waals surface area contributed by atoms with Crippen molar-refractivity contribution in [3.05, 3.63) is 0 Å². The van der Waals surface area contributed by atoms with Crippen molar-refractivity contribution in [2.24, 2.45) is 0 Å². The fourth-order valence-corrected chi connectivity index (χ4v) is 0.876. The molecule has 0 bridgehead atoms. The van der Waals surface area contributed by atoms with E-state index in [0.717, 1.165) is 13.2 Å². The molecule has 4 heteroatoms. The minimum Gasteiger partial charge on any atom is -0.376 e. The molecule has 4 nitrogen and oxygen atoms in total. The van der Waals surface area contributed by atoms with Gasteiger partial charge < -0.3 is 18.9 Å². The lowest BCUT2D eigenvalue weighted by molar-refractivity contribution is 0.0366. The lowest BCUT2D eigenvalue weighted by Crippen LogP contribution is -2.10. The summed E-state index contributed by atoms with van der Waals surface area (Å²) >= 11 is 0. The Morgan fingerprint density at radius 3 is 1.67 bits per heavy atom. The lowest BCUT2D eigenvalue weighted by atomic mass is 10.5. The van der Waals surface area contributed by atoms with E-state index in [1.165, 1.54) is 0 Å². The van der Waals surface area contributed by atoms with Crippen LogP contribution in [0.1, 0.15) is 0 Å². The van der Waals surface area contributed by atoms with Gasteiger partial charge in [-0.05, 0) is 0 Å². The standard InChI is InChI=1S/C8H14O4/c1(9-3-7-5-11-7)2-10-4-8-6-12-8/h7-8H,1-6H2/t7-,8-/m0/s1. The lowest BCUT2D eigenvalue weighted by Gasteiger charge is -2.02. The second-order valence-corrected chi connectivity index (χ2v) is 3.06. The third-order valence-corrected chi connectivity index (χ3v) is 1.78. The fraction of sp³-hybridized carbons (Fsp3) is 1.00. The first-order valence-corrected chi connectivity index (χ1v) is 4.34. The van der Waals surface area contributed by atoms with Gasteiger partial charge in [0.15, 0.2) is 0 Å². The first-order valence-electron chi connectivity index (χ1n) is 4.34. The molecule has 0 amide bonds. The third-order valence-electron chi connectivity index (χ3n) is 1.78. The quantitative estimate of drug-likeness (QED) is 0.396. The molecule has 2 saturated heterocycles. The highest BCUT2D eigenvalue weighted by Gasteiger charge is 2.23. The second kappa shape index (κ2) is 4.18. The van der Waals surface area contributed by atoms with E-state index < -0.39 is 0 Å². The number of ether oxygens (including phenoxy) is 4. The largest absolute Gasteiger partial charge is 0.376 e. The molecule has 0 aliphatic carbocycles. The second-order valence-electron chi connectivity index (χ2n) is 3.06. The molecule has 2 fully saturated rings. The number of hydrogen-bond donors (Lipinski definition) is 0. The van der Waals surface area contributed by atoms with Crippen molar-refractivity contribution >= 4 is 0 Å². The zero-order chi connectivity index (χ0) is 8.23. The highest BCUT2D eigenvalue weighted by atomic mass is 16.6. The summed E-state index contributed by atoms with van der Waals surface area (Å²) in [7, 11) is 0. The molecule has 0 N–H and O–H groups in total. The Kier molecular flexibility index (Phi) is 2.94. The molecule has 0 saturated carbocycles. The Morgan fingerprint density at radius 1 is 0.917 bits per heavy atom. The van der Waals surface area contributed by atoms with Crippen molar-refractivity contribution in [2.45, 2.75) is 12.2 Å². The molecule has 0 radical (unpaired) electrons. The summed E-state index contributed by atoms with van der Waals surface area (Å²) in [6.07, 6.45) is 0.716. The summed E-state index contributed by atoms with van der Waals surface area (Å²) in [6, 6.07) is 0. The topological polar surface area (TPSA) is 43.5 Å². The summed E-state index contributed by atoms with van der Waals surface area (Å²) in [5.41, 5.74) is 0. The first kappa shape index (κ1) is 8.44. The van der Waals surface area contributed by atoms with Crippen LogP contribution in [0.25, 0.3) is 0 Å². The van der Waals surface area contributed by atoms with Crippen LogP contribution >= 0.6 is 0 Å². The normalized spacial score (nSPS) is 32.0. The minimum atomic E-state index is 0.358. The van der Waals surface area contributed by atoms with E-state index in [0.29, 0.717) is 38.6 Å². The van der Waals surface area contributed by atoms with Gasteiger partial charge in [0.2, 0.25) is 0 Å². The Bertz CT molecular complexity index is 115. The Labute approximate surface area is 71.7 Å². The maximum Gasteiger partial charge on any atom is 0.104 e. The van der Waals surface area contributed by atoms with Crippen molar-refractivity contribution in [3.63, 3.8) is 0 Å². The summed E-state index contributed by atoms with van der Waals surface area (Å²) in [6.45, 7) is 4.46. The van der Waals surface area contributed by atoms with E-state index in [-0.39, 0.29) is 0 Å². The van der Waals surface area contributed by atoms with Gasteiger partial charge in [-0.15, -0.1) is 0 Å². The molecule has 0 unspecified atom stereocenters. The third kappa shape index (κ3) is 3.49. The van der Waals surface area contributed by atoms with Crippen LogP contribution in [0, 0.1) is 0 Å². The number of rotatable bonds is 7. The van der Waals surface area contributed by atoms with Crippen molar-refractivity contribution < 1.29 is 18.9 Å². The van der Waals surface area contributed by atoms with Crippen LogP contribution in [0.15, 0.2) is 0 Å². The van der Waals surface area contributed by atoms with Crippen molar-refractivity contribution in [1.29, 1.82) is 0 Å². The van der Waals surface area contributed by atoms with Gasteiger partial charge in [0, 0.05) is 0 Å². The molecule has 12 heavy (non-hydrogen) atoms. The molecule has 0 aromatic carbocycles. The smallest absolute Gasteiger partial charge is 0.104 e. The molecule has 0 aromatic rings. The Hall–Kier alpha value is -0.160. The zero-order valence-electron chi connectivity index (χ0n) is 7.03. The van der Waals surface area contributed by atoms with Crippen LogP contribution in [0.4, 0.5) is 0 Å². The molecule has 2 rings (SSSR count). The van der Waals surface area contributed by atoms with Crippen LogP contribution in [-0.2, 0) is 18.9 Å². The van der Waals surface area contributed by atoms with Crippen molar-refractivity contribution in [3.8, 4) is 0 Å². The molecule has 0 spiro atoms. The van der Waals surface area contributed by atoms with Gasteiger partial charge in [-0.25, -0.2) is 0 Å². The predicted molar refractivity (Wildman–Crippen MR) is 41.1 cm³/mol. The van der Waals surface area contributed by atoms with E-state index in [9.17, 15) is 0 Å². The van der Waals surface area contributed by atoms with E-state index in [2.05, 4.69) is 0 Å². The molecular formula is C8H14O4. The van der Waals surface area contributed by atoms with E-state index in [4.69, 9.17) is 18.9 Å². The van der Waals surface area contributed by atoms with Crippen LogP contribution < -0.4 is 0 Å². The van der Waals surface area contributed by atoms with Gasteiger partial charge in [0.05, 0.1) is 39.6 Å². The minimum absolute atomic E-state index is 0.358. The molecular weight excluding hydrogens is 160 g/mol. The SMILES string of the molecule is C(COC[C@H]1CO1)OC[C@H]1CO1. The van der Waals surface area contributed by atoms with E-state index in [1.54, 1.807) is 0 Å². The van der Waals surface area contributed by atoms with Gasteiger partial charge in [0.1, 0.15) is 12.2 Å². The molecule has 2 aliphatic heterocycles. The predicted octanol–water partition coefficient (Wildman–Crippen LogP) is -0.183. The summed E-state index contributed by atoms with van der Waals surface area (Å²) in [5.74, 6) is 0. The molecule has 2 atom stereocenters. The summed E-state index contributed by atoms with van der Waals surface area (Å²) in [5, 5.41) is 0. The monoisotopic (exact) mass is 174 g/mol. The highest BCUT2D eigenvalue weighted by molar-refractivity contribution is 4.68. The van der Waals surface area contributed by atoms with Gasteiger partial charge in [0.25, 0.3) is 0 Å². The highest BCUT2D eigenvalue weighted by Crippen LogP contribution is 2.09. The van der Waals surface area contributed by atoms with Crippen LogP contribution in [0.2, 0.25) is 0 Å². The summed E-state index contributed by atoms with van der Waals surface area (Å²) < 4.78 is 20.5. The Balaban J connectivity index is 1.31. The van der Waals surface area contributed by atoms with Gasteiger partial charge in [-0.2, -0.15) is 0 Å². The Morgan fingerprint density at radius 2 is 1.33 bits per heavy atom. The zero-order valence-corrected chi connectivity index (χ0v) is 7.03. The maximum atomic E-state index is 5.27. The molecule has 2 heterocycles. The molecule has 70 valence electrons. The van der Waals surface area contributed by atoms with Crippen molar-refractivity contribution in [1.82, 2.24) is 0 Å². The van der Waals surface area contributed by atoms with E-state index in [1.807, 2.05) is 0 Å². The number of hydrogen-bond acceptors (Lipinski definition) is 4. The van der Waals surface area contributed by atoms with Gasteiger partial charge in [-0.3, -0.25) is 0 Å². The van der Waals surface area contributed by atoms with Crippen molar-refractivity contribution in [2.75, 3.05) is 39.6 Å². The van der Waals surface area contributed by atoms with E-state index >= 15 is 0 Å². The van der Waals surface area contributed by atoms with Crippen LogP contribution in [-0.4, -0.2) is 51.8 Å². The first-order chi connectivity index (χ1) is 5.95. The average Bonchev–Trinajstić information content (AvgIpc) is 2.89. The van der Waals surface area contributed by atoms with Gasteiger partial charge >= 0.3 is 0 Å². The van der Waals surface area contributed by atoms with Gasteiger partial charge in [-0.1, -0.05) is 0 Å². The summed E-state index contributed by atoms with van der Waals surface area (Å²) in [4.78, 5) is 0. The fourth-order valence-electron chi connectivity index (χ4n) is 0.876. The molecule has 2 aliphatic rings. The molecule has 0 aromatic heterocycles. The maximum absolute atomic E-state index is 5.27.